The summed E-state index contributed by atoms with van der Waals surface area (Å²) in [6, 6.07) is 20.0. The van der Waals surface area contributed by atoms with Crippen LogP contribution in [0.4, 0.5) is 5.69 Å². The van der Waals surface area contributed by atoms with E-state index in [4.69, 9.17) is 0 Å². The summed E-state index contributed by atoms with van der Waals surface area (Å²) in [5.74, 6) is 0. The number of aryl methyl sites for hydroxylation is 2. The highest BCUT2D eigenvalue weighted by molar-refractivity contribution is 5.61. The Balaban J connectivity index is 2.08. The van der Waals surface area contributed by atoms with Crippen molar-refractivity contribution in [3.8, 4) is 6.07 Å². The summed E-state index contributed by atoms with van der Waals surface area (Å²) in [5.41, 5.74) is 4.95. The molecule has 4 heteroatoms. The molecule has 1 N–H and O–H groups in total. The zero-order valence-electron chi connectivity index (χ0n) is 13.7. The van der Waals surface area contributed by atoms with Crippen molar-refractivity contribution in [3.63, 3.8) is 0 Å². The predicted octanol–water partition coefficient (Wildman–Crippen LogP) is 4.17. The van der Waals surface area contributed by atoms with E-state index in [-0.39, 0.29) is 6.04 Å². The van der Waals surface area contributed by atoms with Gasteiger partial charge >= 0.3 is 0 Å². The molecule has 2 aromatic heterocycles. The number of nitrogens with zero attached hydrogens (tertiary/aromatic N) is 3. The largest absolute Gasteiger partial charge is 0.372 e. The van der Waals surface area contributed by atoms with Crippen LogP contribution in [0.5, 0.6) is 0 Å². The van der Waals surface area contributed by atoms with Crippen LogP contribution in [0.15, 0.2) is 60.8 Å². The number of pyridine rings is 2. The Labute approximate surface area is 141 Å². The quantitative estimate of drug-likeness (QED) is 0.785. The Morgan fingerprint density at radius 2 is 1.79 bits per heavy atom. The number of benzene rings is 1. The number of nitrogens with one attached hydrogen (secondary N) is 1. The van der Waals surface area contributed by atoms with Crippen LogP contribution in [0, 0.1) is 25.2 Å². The normalized spacial score (nSPS) is 11.5. The molecule has 0 amide bonds. The van der Waals surface area contributed by atoms with Gasteiger partial charge in [-0.3, -0.25) is 9.97 Å². The molecule has 1 atom stereocenters. The first-order chi connectivity index (χ1) is 11.7. The third kappa shape index (κ3) is 3.26. The van der Waals surface area contributed by atoms with Crippen molar-refractivity contribution in [3.05, 3.63) is 89.0 Å². The minimum Gasteiger partial charge on any atom is -0.372 e. The third-order valence-corrected chi connectivity index (χ3v) is 3.86. The van der Waals surface area contributed by atoms with Crippen LogP contribution in [-0.4, -0.2) is 9.97 Å². The first kappa shape index (κ1) is 15.7. The summed E-state index contributed by atoms with van der Waals surface area (Å²) < 4.78 is 0. The molecular formula is C20H18N4. The highest BCUT2D eigenvalue weighted by Crippen LogP contribution is 2.28. The van der Waals surface area contributed by atoms with Crippen molar-refractivity contribution in [1.29, 1.82) is 5.26 Å². The number of rotatable bonds is 4. The Morgan fingerprint density at radius 3 is 2.46 bits per heavy atom. The minimum absolute atomic E-state index is 0.138. The molecule has 0 spiro atoms. The molecule has 0 aliphatic heterocycles. The number of aromatic nitrogens is 2. The lowest BCUT2D eigenvalue weighted by Crippen LogP contribution is -2.15. The smallest absolute Gasteiger partial charge is 0.103 e. The van der Waals surface area contributed by atoms with Crippen molar-refractivity contribution in [2.45, 2.75) is 19.9 Å². The lowest BCUT2D eigenvalue weighted by atomic mass is 10.0. The lowest BCUT2D eigenvalue weighted by molar-refractivity contribution is 0.883. The van der Waals surface area contributed by atoms with Gasteiger partial charge in [-0.25, -0.2) is 0 Å². The summed E-state index contributed by atoms with van der Waals surface area (Å²) in [6.45, 7) is 3.78. The number of hydrogen-bond donors (Lipinski definition) is 1. The minimum atomic E-state index is -0.138. The van der Waals surface area contributed by atoms with E-state index in [0.717, 1.165) is 28.3 Å². The predicted molar refractivity (Wildman–Crippen MR) is 94.6 cm³/mol. The highest BCUT2D eigenvalue weighted by Gasteiger charge is 2.18. The van der Waals surface area contributed by atoms with Gasteiger partial charge in [-0.15, -0.1) is 0 Å². The van der Waals surface area contributed by atoms with Gasteiger partial charge in [-0.1, -0.05) is 36.4 Å². The lowest BCUT2D eigenvalue weighted by Gasteiger charge is -2.21. The van der Waals surface area contributed by atoms with E-state index in [0.29, 0.717) is 5.56 Å². The van der Waals surface area contributed by atoms with Gasteiger partial charge in [0.25, 0.3) is 0 Å². The molecule has 3 rings (SSSR count). The van der Waals surface area contributed by atoms with Crippen LogP contribution in [0.25, 0.3) is 0 Å². The van der Waals surface area contributed by atoms with E-state index < -0.39 is 0 Å². The average molecular weight is 314 g/mol. The summed E-state index contributed by atoms with van der Waals surface area (Å²) in [4.78, 5) is 8.87. The van der Waals surface area contributed by atoms with Crippen LogP contribution in [0.3, 0.4) is 0 Å². The number of anilines is 1. The van der Waals surface area contributed by atoms with Crippen molar-refractivity contribution in [1.82, 2.24) is 9.97 Å². The Hall–Kier alpha value is -3.19. The molecule has 0 aliphatic carbocycles. The molecule has 4 nitrogen and oxygen atoms in total. The van der Waals surface area contributed by atoms with Gasteiger partial charge in [0.2, 0.25) is 0 Å². The van der Waals surface area contributed by atoms with Crippen LogP contribution >= 0.6 is 0 Å². The monoisotopic (exact) mass is 314 g/mol. The molecule has 0 fully saturated rings. The van der Waals surface area contributed by atoms with Crippen LogP contribution in [-0.2, 0) is 0 Å². The summed E-state index contributed by atoms with van der Waals surface area (Å²) in [6.07, 6.45) is 1.78. The fraction of sp³-hybridized carbons (Fsp3) is 0.150. The molecule has 0 bridgehead atoms. The molecule has 24 heavy (non-hydrogen) atoms. The van der Waals surface area contributed by atoms with Crippen LogP contribution in [0.1, 0.15) is 34.3 Å². The van der Waals surface area contributed by atoms with Gasteiger partial charge in [-0.2, -0.15) is 5.26 Å². The molecule has 0 aliphatic rings. The van der Waals surface area contributed by atoms with E-state index in [1.54, 1.807) is 6.20 Å². The maximum atomic E-state index is 9.50. The second-order valence-corrected chi connectivity index (χ2v) is 5.63. The average Bonchev–Trinajstić information content (AvgIpc) is 2.61. The van der Waals surface area contributed by atoms with E-state index in [2.05, 4.69) is 33.5 Å². The first-order valence-electron chi connectivity index (χ1n) is 7.80. The van der Waals surface area contributed by atoms with Crippen LogP contribution < -0.4 is 5.32 Å². The zero-order valence-corrected chi connectivity index (χ0v) is 13.7. The fourth-order valence-electron chi connectivity index (χ4n) is 2.76. The fourth-order valence-corrected chi connectivity index (χ4v) is 2.76. The van der Waals surface area contributed by atoms with Crippen molar-refractivity contribution >= 4 is 5.69 Å². The van der Waals surface area contributed by atoms with Crippen molar-refractivity contribution in [2.75, 3.05) is 5.32 Å². The van der Waals surface area contributed by atoms with Crippen molar-refractivity contribution < 1.29 is 0 Å². The van der Waals surface area contributed by atoms with Gasteiger partial charge in [0, 0.05) is 11.9 Å². The van der Waals surface area contributed by atoms with Gasteiger partial charge < -0.3 is 5.32 Å². The van der Waals surface area contributed by atoms with E-state index >= 15 is 0 Å². The summed E-state index contributed by atoms with van der Waals surface area (Å²) in [5, 5.41) is 13.0. The topological polar surface area (TPSA) is 61.6 Å². The molecular weight excluding hydrogens is 296 g/mol. The van der Waals surface area contributed by atoms with Gasteiger partial charge in [0.1, 0.15) is 6.07 Å². The van der Waals surface area contributed by atoms with Crippen molar-refractivity contribution in [2.24, 2.45) is 0 Å². The molecule has 118 valence electrons. The summed E-state index contributed by atoms with van der Waals surface area (Å²) in [7, 11) is 0. The Bertz CT molecular complexity index is 828. The van der Waals surface area contributed by atoms with Gasteiger partial charge in [0.15, 0.2) is 0 Å². The van der Waals surface area contributed by atoms with Gasteiger partial charge in [0.05, 0.1) is 28.7 Å². The Kier molecular flexibility index (Phi) is 4.53. The second-order valence-electron chi connectivity index (χ2n) is 5.63. The molecule has 1 unspecified atom stereocenters. The molecule has 2 heterocycles. The highest BCUT2D eigenvalue weighted by atomic mass is 15.0. The van der Waals surface area contributed by atoms with Gasteiger partial charge in [-0.05, 0) is 37.6 Å². The molecule has 0 saturated carbocycles. The third-order valence-electron chi connectivity index (χ3n) is 3.86. The maximum Gasteiger partial charge on any atom is 0.103 e. The van der Waals surface area contributed by atoms with Crippen LogP contribution in [0.2, 0.25) is 0 Å². The molecule has 0 radical (unpaired) electrons. The molecule has 3 aromatic rings. The standard InChI is InChI=1S/C20H18N4/c1-14-12-19(17(13-21)15(2)23-14)24-20(16-8-4-3-5-9-16)18-10-6-7-11-22-18/h3-12,20H,1-2H3,(H,23,24). The maximum absolute atomic E-state index is 9.50. The number of hydrogen-bond acceptors (Lipinski definition) is 4. The first-order valence-corrected chi connectivity index (χ1v) is 7.80. The summed E-state index contributed by atoms with van der Waals surface area (Å²) >= 11 is 0. The number of nitriles is 1. The molecule has 1 aromatic carbocycles. The van der Waals surface area contributed by atoms with E-state index in [9.17, 15) is 5.26 Å². The molecule has 0 saturated heterocycles. The van der Waals surface area contributed by atoms with E-state index in [1.165, 1.54) is 0 Å². The Morgan fingerprint density at radius 1 is 1.04 bits per heavy atom. The SMILES string of the molecule is Cc1cc(NC(c2ccccc2)c2ccccn2)c(C#N)c(C)n1. The zero-order chi connectivity index (χ0) is 16.9. The second kappa shape index (κ2) is 6.93. The van der Waals surface area contributed by atoms with E-state index in [1.807, 2.05) is 56.3 Å².